The minimum Gasteiger partial charge on any atom is -0.477 e. The molecule has 0 spiro atoms. The molecule has 0 unspecified atom stereocenters. The fourth-order valence-corrected chi connectivity index (χ4v) is 7.39. The molecule has 2 aromatic rings. The normalized spacial score (nSPS) is 20.8. The third-order valence-corrected chi connectivity index (χ3v) is 9.00. The number of nitrogens with two attached hydrogens (primary N) is 1. The molecule has 2 aromatic heterocycles. The van der Waals surface area contributed by atoms with Crippen molar-refractivity contribution in [3.8, 4) is 0 Å². The summed E-state index contributed by atoms with van der Waals surface area (Å²) >= 11 is 5.03. The van der Waals surface area contributed by atoms with Crippen molar-refractivity contribution >= 4 is 75.1 Å². The maximum Gasteiger partial charge on any atom is 0.353 e. The number of amides is 1. The van der Waals surface area contributed by atoms with E-state index in [1.54, 1.807) is 11.7 Å². The third kappa shape index (κ3) is 3.98. The molecule has 4 rings (SSSR count). The molecule has 2 aliphatic rings. The first-order chi connectivity index (χ1) is 15.3. The molecule has 0 radical (unpaired) electrons. The number of carbonyl (C=O) groups excluding carboxylic acids is 2. The van der Waals surface area contributed by atoms with Gasteiger partial charge in [-0.1, -0.05) is 16.9 Å². The average molecular weight is 514 g/mol. The molecule has 4 heterocycles. The summed E-state index contributed by atoms with van der Waals surface area (Å²) in [5, 5.41) is 28.2. The van der Waals surface area contributed by atoms with Crippen molar-refractivity contribution in [1.29, 1.82) is 0 Å². The first-order valence-corrected chi connectivity index (χ1v) is 12.7. The number of β-lactam (4-membered cyclic amide) rings is 1. The van der Waals surface area contributed by atoms with E-state index in [-0.39, 0.29) is 22.2 Å². The average Bonchev–Trinajstić information content (AvgIpc) is 3.36. The zero-order valence-electron chi connectivity index (χ0n) is 16.2. The van der Waals surface area contributed by atoms with E-state index in [9.17, 15) is 24.7 Å². The van der Waals surface area contributed by atoms with Gasteiger partial charge in [0.2, 0.25) is 11.7 Å². The second-order valence-electron chi connectivity index (χ2n) is 6.42. The van der Waals surface area contributed by atoms with Gasteiger partial charge in [-0.15, -0.1) is 34.9 Å². The number of ketones is 1. The van der Waals surface area contributed by atoms with Crippen LogP contribution in [0.4, 0.5) is 5.13 Å². The number of nitrogen functional groups attached to an aromatic ring is 1. The fraction of sp³-hybridized carbons (Fsp3) is 0.312. The van der Waals surface area contributed by atoms with Gasteiger partial charge in [0.15, 0.2) is 16.0 Å². The van der Waals surface area contributed by atoms with E-state index >= 15 is 0 Å². The minimum atomic E-state index is -1.25. The van der Waals surface area contributed by atoms with Gasteiger partial charge in [-0.25, -0.2) is 19.4 Å². The summed E-state index contributed by atoms with van der Waals surface area (Å²) in [6, 6.07) is 0. The number of thioether (sulfide) groups is 3. The highest BCUT2D eigenvalue weighted by Gasteiger charge is 2.57. The topological polar surface area (TPSA) is 177 Å². The number of carboxylic acids is 1. The smallest absolute Gasteiger partial charge is 0.353 e. The molecule has 16 heteroatoms. The van der Waals surface area contributed by atoms with Crippen LogP contribution in [0.2, 0.25) is 0 Å². The van der Waals surface area contributed by atoms with Crippen LogP contribution in [0.5, 0.6) is 0 Å². The van der Waals surface area contributed by atoms with E-state index in [1.165, 1.54) is 47.0 Å². The molecule has 168 valence electrons. The molecule has 1 saturated heterocycles. The van der Waals surface area contributed by atoms with E-state index in [0.29, 0.717) is 20.9 Å². The van der Waals surface area contributed by atoms with E-state index in [2.05, 4.69) is 20.2 Å². The van der Waals surface area contributed by atoms with Crippen LogP contribution in [0, 0.1) is 5.92 Å². The predicted octanol–water partition coefficient (Wildman–Crippen LogP) is 0.912. The summed E-state index contributed by atoms with van der Waals surface area (Å²) < 4.78 is 1.61. The zero-order chi connectivity index (χ0) is 23.0. The number of aryl methyl sites for hydroxylation is 1. The lowest BCUT2D eigenvalue weighted by Gasteiger charge is -2.48. The van der Waals surface area contributed by atoms with Crippen molar-refractivity contribution in [3.63, 3.8) is 0 Å². The summed E-state index contributed by atoms with van der Waals surface area (Å²) in [4.78, 5) is 47.4. The minimum absolute atomic E-state index is 0.0677. The van der Waals surface area contributed by atoms with E-state index in [0.717, 1.165) is 16.2 Å². The molecule has 2 aliphatic heterocycles. The van der Waals surface area contributed by atoms with Crippen molar-refractivity contribution in [2.45, 2.75) is 10.5 Å². The van der Waals surface area contributed by atoms with Crippen molar-refractivity contribution in [2.24, 2.45) is 18.1 Å². The molecule has 0 saturated carbocycles. The Bertz CT molecular complexity index is 1160. The number of nitrogens with zero attached hydrogens (tertiary/aromatic N) is 6. The zero-order valence-corrected chi connectivity index (χ0v) is 19.5. The summed E-state index contributed by atoms with van der Waals surface area (Å²) in [5.74, 6) is -3.48. The number of hydrogen-bond acceptors (Lipinski definition) is 13. The van der Waals surface area contributed by atoms with Crippen LogP contribution in [0.25, 0.3) is 0 Å². The Morgan fingerprint density at radius 2 is 2.19 bits per heavy atom. The Morgan fingerprint density at radius 3 is 2.78 bits per heavy atom. The van der Waals surface area contributed by atoms with Gasteiger partial charge >= 0.3 is 5.97 Å². The van der Waals surface area contributed by atoms with Gasteiger partial charge < -0.3 is 16.0 Å². The Morgan fingerprint density at radius 1 is 1.41 bits per heavy atom. The number of thiazole rings is 1. The van der Waals surface area contributed by atoms with Crippen molar-refractivity contribution in [2.75, 3.05) is 16.6 Å². The van der Waals surface area contributed by atoms with Crippen LogP contribution >= 0.6 is 46.6 Å². The van der Waals surface area contributed by atoms with Crippen LogP contribution in [-0.4, -0.2) is 74.5 Å². The van der Waals surface area contributed by atoms with Gasteiger partial charge in [0.25, 0.3) is 0 Å². The molecular weight excluding hydrogens is 498 g/mol. The number of fused-ring (bicyclic) bond motifs is 1. The maximum atomic E-state index is 12.9. The Labute approximate surface area is 197 Å². The predicted molar refractivity (Wildman–Crippen MR) is 120 cm³/mol. The van der Waals surface area contributed by atoms with Gasteiger partial charge in [0.05, 0.1) is 5.08 Å². The molecular formula is C16H15N7O5S4. The second kappa shape index (κ2) is 9.13. The van der Waals surface area contributed by atoms with Crippen molar-refractivity contribution in [3.05, 3.63) is 28.0 Å². The lowest BCUT2D eigenvalue weighted by molar-refractivity contribution is -0.155. The standard InChI is InChI=1S/C16H15N7O5S4/c1-22-16(18-4-19-22)32-5-31-7-3-29-13-8(12(25)23(13)10(7)14(26)27)11(24)9(21-28)6-2-30-15(17)20-6/h2,4,8,13,28H,3,5H2,1H3,(H2,17,20)(H,26,27)/b21-9-/t8-,13+/m1/s1. The number of aliphatic carboxylic acids is 1. The van der Waals surface area contributed by atoms with E-state index < -0.39 is 29.0 Å². The highest BCUT2D eigenvalue weighted by molar-refractivity contribution is 8.18. The Kier molecular flexibility index (Phi) is 6.45. The highest BCUT2D eigenvalue weighted by atomic mass is 32.2. The van der Waals surface area contributed by atoms with Crippen LogP contribution in [0.15, 0.2) is 32.6 Å². The summed E-state index contributed by atoms with van der Waals surface area (Å²) in [7, 11) is 1.75. The largest absolute Gasteiger partial charge is 0.477 e. The second-order valence-corrected chi connectivity index (χ2v) is 10.8. The molecule has 0 aromatic carbocycles. The molecule has 1 fully saturated rings. The van der Waals surface area contributed by atoms with Crippen LogP contribution in [0.3, 0.4) is 0 Å². The molecule has 32 heavy (non-hydrogen) atoms. The van der Waals surface area contributed by atoms with Gasteiger partial charge in [-0.3, -0.25) is 14.5 Å². The van der Waals surface area contributed by atoms with E-state index in [4.69, 9.17) is 5.73 Å². The van der Waals surface area contributed by atoms with Crippen LogP contribution in [0.1, 0.15) is 5.69 Å². The Balaban J connectivity index is 1.51. The molecule has 0 bridgehead atoms. The first-order valence-electron chi connectivity index (χ1n) is 8.81. The first kappa shape index (κ1) is 22.6. The van der Waals surface area contributed by atoms with Gasteiger partial charge in [-0.05, 0) is 0 Å². The lowest BCUT2D eigenvalue weighted by atomic mass is 9.89. The summed E-state index contributed by atoms with van der Waals surface area (Å²) in [6.07, 6.45) is 1.43. The summed E-state index contributed by atoms with van der Waals surface area (Å²) in [6.45, 7) is 0. The molecule has 4 N–H and O–H groups in total. The number of carbonyl (C=O) groups is 3. The molecule has 0 aliphatic carbocycles. The van der Waals surface area contributed by atoms with Gasteiger partial charge in [-0.2, -0.15) is 5.10 Å². The third-order valence-electron chi connectivity index (χ3n) is 4.61. The fourth-order valence-electron chi connectivity index (χ4n) is 3.15. The number of carboxylic acid groups (broad SMARTS) is 1. The molecule has 2 atom stereocenters. The van der Waals surface area contributed by atoms with E-state index in [1.807, 2.05) is 0 Å². The van der Waals surface area contributed by atoms with Crippen LogP contribution in [-0.2, 0) is 21.4 Å². The van der Waals surface area contributed by atoms with Gasteiger partial charge in [0.1, 0.15) is 29.0 Å². The number of hydrogen-bond donors (Lipinski definition) is 3. The highest BCUT2D eigenvalue weighted by Crippen LogP contribution is 2.47. The van der Waals surface area contributed by atoms with Crippen LogP contribution < -0.4 is 5.73 Å². The number of aromatic nitrogens is 4. The number of Topliss-reactive ketones (excluding diaryl/α,β-unsaturated/α-hetero) is 1. The molecule has 1 amide bonds. The SMILES string of the molecule is Cn1ncnc1SCSC1=C(C(=O)O)N2C(=O)[C@@H](C(=O)/C(=N\O)c3csc(N)n3)[C@@H]2SC1. The summed E-state index contributed by atoms with van der Waals surface area (Å²) in [5.41, 5.74) is 5.13. The monoisotopic (exact) mass is 513 g/mol. The number of anilines is 1. The van der Waals surface area contributed by atoms with Gasteiger partial charge in [0, 0.05) is 23.1 Å². The molecule has 12 nitrogen and oxygen atoms in total. The quantitative estimate of drug-likeness (QED) is 0.0866. The number of oxime groups is 1. The Hall–Kier alpha value is -2.56. The lowest BCUT2D eigenvalue weighted by Crippen LogP contribution is -2.64. The maximum absolute atomic E-state index is 12.9. The van der Waals surface area contributed by atoms with Crippen molar-refractivity contribution in [1.82, 2.24) is 24.6 Å². The number of rotatable bonds is 8. The van der Waals surface area contributed by atoms with Crippen molar-refractivity contribution < 1.29 is 24.7 Å².